The molecule has 13 heteroatoms. The standard InChI is InChI=1S/C21H23ClN8O3S/c1-10(2)17(32-4)15-14(9-23-20-16(15)26-11(3)34-20)28-21(31)27-13-8-12(22)18(29-19(13)33-5)30-24-6-7-25-30/h6-10,17H,1-5H3,(H2,27,28,31). The second-order valence-electron chi connectivity index (χ2n) is 7.62. The highest BCUT2D eigenvalue weighted by Crippen LogP contribution is 2.37. The Labute approximate surface area is 204 Å². The van der Waals surface area contributed by atoms with Gasteiger partial charge in [0.2, 0.25) is 5.88 Å². The number of amides is 2. The first kappa shape index (κ1) is 23.8. The molecule has 34 heavy (non-hydrogen) atoms. The van der Waals surface area contributed by atoms with Crippen molar-refractivity contribution in [1.82, 2.24) is 29.9 Å². The third kappa shape index (κ3) is 4.65. The first-order chi connectivity index (χ1) is 16.3. The lowest BCUT2D eigenvalue weighted by Gasteiger charge is -2.23. The number of methoxy groups -OCH3 is 2. The number of aromatic nitrogens is 6. The number of carbonyl (C=O) groups excluding carboxylic acids is 1. The van der Waals surface area contributed by atoms with Crippen LogP contribution in [0.4, 0.5) is 16.2 Å². The predicted molar refractivity (Wildman–Crippen MR) is 130 cm³/mol. The van der Waals surface area contributed by atoms with E-state index in [0.717, 1.165) is 15.4 Å². The van der Waals surface area contributed by atoms with E-state index in [1.807, 2.05) is 20.8 Å². The Morgan fingerprint density at radius 3 is 2.50 bits per heavy atom. The van der Waals surface area contributed by atoms with Crippen molar-refractivity contribution >= 4 is 50.7 Å². The summed E-state index contributed by atoms with van der Waals surface area (Å²) in [5.74, 6) is 0.547. The number of nitrogens with zero attached hydrogens (tertiary/aromatic N) is 6. The lowest BCUT2D eigenvalue weighted by molar-refractivity contribution is 0.0661. The van der Waals surface area contributed by atoms with E-state index in [4.69, 9.17) is 21.1 Å². The number of thiazole rings is 1. The van der Waals surface area contributed by atoms with Gasteiger partial charge in [-0.15, -0.1) is 4.80 Å². The van der Waals surface area contributed by atoms with Gasteiger partial charge in [0.1, 0.15) is 16.0 Å². The van der Waals surface area contributed by atoms with Crippen LogP contribution in [0.25, 0.3) is 16.2 Å². The first-order valence-corrected chi connectivity index (χ1v) is 11.5. The van der Waals surface area contributed by atoms with Gasteiger partial charge in [-0.1, -0.05) is 36.8 Å². The van der Waals surface area contributed by atoms with Gasteiger partial charge in [0, 0.05) is 12.7 Å². The number of nitrogens with one attached hydrogen (secondary N) is 2. The highest BCUT2D eigenvalue weighted by Gasteiger charge is 2.25. The van der Waals surface area contributed by atoms with Gasteiger partial charge in [-0.05, 0) is 18.9 Å². The lowest BCUT2D eigenvalue weighted by atomic mass is 9.97. The summed E-state index contributed by atoms with van der Waals surface area (Å²) in [6.45, 7) is 5.99. The van der Waals surface area contributed by atoms with Crippen molar-refractivity contribution in [2.24, 2.45) is 5.92 Å². The molecule has 2 amide bonds. The molecular formula is C21H23ClN8O3S. The van der Waals surface area contributed by atoms with Gasteiger partial charge in [0.05, 0.1) is 47.5 Å². The van der Waals surface area contributed by atoms with E-state index in [1.54, 1.807) is 13.3 Å². The summed E-state index contributed by atoms with van der Waals surface area (Å²) in [6, 6.07) is 0.984. The summed E-state index contributed by atoms with van der Waals surface area (Å²) >= 11 is 7.84. The van der Waals surface area contributed by atoms with Crippen LogP contribution in [-0.4, -0.2) is 50.2 Å². The summed E-state index contributed by atoms with van der Waals surface area (Å²) in [5.41, 5.74) is 2.24. The molecule has 0 saturated carbocycles. The zero-order valence-electron chi connectivity index (χ0n) is 19.2. The van der Waals surface area contributed by atoms with Crippen molar-refractivity contribution in [3.05, 3.63) is 40.3 Å². The molecule has 0 spiro atoms. The molecule has 0 saturated heterocycles. The van der Waals surface area contributed by atoms with Crippen LogP contribution in [0, 0.1) is 12.8 Å². The van der Waals surface area contributed by atoms with Crippen LogP contribution in [0.5, 0.6) is 5.88 Å². The smallest absolute Gasteiger partial charge is 0.323 e. The van der Waals surface area contributed by atoms with Crippen LogP contribution >= 0.6 is 22.9 Å². The molecule has 0 aromatic carbocycles. The van der Waals surface area contributed by atoms with Crippen LogP contribution in [0.1, 0.15) is 30.5 Å². The number of pyridine rings is 2. The topological polar surface area (TPSA) is 129 Å². The number of hydrogen-bond donors (Lipinski definition) is 2. The molecule has 0 radical (unpaired) electrons. The number of hydrogen-bond acceptors (Lipinski definition) is 9. The van der Waals surface area contributed by atoms with Crippen molar-refractivity contribution in [3.8, 4) is 11.7 Å². The molecule has 0 fully saturated rings. The zero-order valence-corrected chi connectivity index (χ0v) is 20.7. The maximum atomic E-state index is 13.0. The van der Waals surface area contributed by atoms with Gasteiger partial charge >= 0.3 is 6.03 Å². The van der Waals surface area contributed by atoms with Crippen molar-refractivity contribution in [3.63, 3.8) is 0 Å². The maximum Gasteiger partial charge on any atom is 0.323 e. The Bertz CT molecular complexity index is 1330. The Morgan fingerprint density at radius 1 is 1.15 bits per heavy atom. The molecule has 2 N–H and O–H groups in total. The molecule has 11 nitrogen and oxygen atoms in total. The summed E-state index contributed by atoms with van der Waals surface area (Å²) in [6.07, 6.45) is 4.31. The summed E-state index contributed by atoms with van der Waals surface area (Å²) in [5, 5.41) is 14.7. The van der Waals surface area contributed by atoms with E-state index in [9.17, 15) is 4.79 Å². The normalized spacial score (nSPS) is 12.2. The van der Waals surface area contributed by atoms with Crippen LogP contribution < -0.4 is 15.4 Å². The number of rotatable bonds is 7. The average molecular weight is 503 g/mol. The fraction of sp³-hybridized carbons (Fsp3) is 0.333. The molecule has 1 unspecified atom stereocenters. The Morgan fingerprint density at radius 2 is 1.85 bits per heavy atom. The minimum absolute atomic E-state index is 0.132. The highest BCUT2D eigenvalue weighted by atomic mass is 35.5. The van der Waals surface area contributed by atoms with E-state index in [0.29, 0.717) is 11.2 Å². The third-order valence-electron chi connectivity index (χ3n) is 4.94. The molecule has 4 aromatic rings. The van der Waals surface area contributed by atoms with E-state index in [1.165, 1.54) is 41.7 Å². The molecule has 178 valence electrons. The van der Waals surface area contributed by atoms with E-state index < -0.39 is 6.03 Å². The molecule has 0 bridgehead atoms. The largest absolute Gasteiger partial charge is 0.479 e. The fourth-order valence-electron chi connectivity index (χ4n) is 3.56. The van der Waals surface area contributed by atoms with E-state index in [2.05, 4.69) is 35.8 Å². The van der Waals surface area contributed by atoms with Crippen LogP contribution in [-0.2, 0) is 4.74 Å². The van der Waals surface area contributed by atoms with Gasteiger partial charge in [-0.2, -0.15) is 15.2 Å². The zero-order chi connectivity index (χ0) is 24.4. The lowest BCUT2D eigenvalue weighted by Crippen LogP contribution is -2.23. The minimum atomic E-state index is -0.533. The molecule has 1 atom stereocenters. The number of anilines is 2. The SMILES string of the molecule is COc1nc(-n2nccn2)c(Cl)cc1NC(=O)Nc1cnc2sc(C)nc2c1C(OC)C(C)C. The molecule has 0 aliphatic carbocycles. The van der Waals surface area contributed by atoms with Crippen molar-refractivity contribution in [1.29, 1.82) is 0 Å². The van der Waals surface area contributed by atoms with Gasteiger partial charge in [-0.3, -0.25) is 0 Å². The summed E-state index contributed by atoms with van der Waals surface area (Å²) in [7, 11) is 3.07. The number of aryl methyl sites for hydroxylation is 1. The Hall–Kier alpha value is -3.35. The van der Waals surface area contributed by atoms with Crippen LogP contribution in [0.2, 0.25) is 5.02 Å². The summed E-state index contributed by atoms with van der Waals surface area (Å²) < 4.78 is 11.1. The quantitative estimate of drug-likeness (QED) is 0.374. The second kappa shape index (κ2) is 9.87. The van der Waals surface area contributed by atoms with Gasteiger partial charge in [0.15, 0.2) is 5.82 Å². The number of ether oxygens (including phenoxy) is 2. The van der Waals surface area contributed by atoms with E-state index >= 15 is 0 Å². The number of halogens is 1. The summed E-state index contributed by atoms with van der Waals surface area (Å²) in [4.78, 5) is 28.4. The fourth-order valence-corrected chi connectivity index (χ4v) is 4.56. The average Bonchev–Trinajstić information content (AvgIpc) is 3.44. The first-order valence-electron chi connectivity index (χ1n) is 10.3. The van der Waals surface area contributed by atoms with Crippen LogP contribution in [0.3, 0.4) is 0 Å². The molecule has 0 aliphatic rings. The van der Waals surface area contributed by atoms with Gasteiger partial charge in [0.25, 0.3) is 0 Å². The predicted octanol–water partition coefficient (Wildman–Crippen LogP) is 4.62. The Balaban J connectivity index is 1.66. The van der Waals surface area contributed by atoms with Crippen molar-refractivity contribution in [2.45, 2.75) is 26.9 Å². The Kier molecular flexibility index (Phi) is 6.91. The third-order valence-corrected chi connectivity index (χ3v) is 6.09. The van der Waals surface area contributed by atoms with Crippen molar-refractivity contribution in [2.75, 3.05) is 24.9 Å². The molecular weight excluding hydrogens is 480 g/mol. The van der Waals surface area contributed by atoms with Crippen LogP contribution in [0.15, 0.2) is 24.7 Å². The maximum absolute atomic E-state index is 13.0. The minimum Gasteiger partial charge on any atom is -0.479 e. The van der Waals surface area contributed by atoms with Gasteiger partial charge in [-0.25, -0.2) is 14.8 Å². The highest BCUT2D eigenvalue weighted by molar-refractivity contribution is 7.18. The molecule has 0 aliphatic heterocycles. The van der Waals surface area contributed by atoms with Crippen molar-refractivity contribution < 1.29 is 14.3 Å². The number of carbonyl (C=O) groups is 1. The number of urea groups is 1. The molecule has 4 rings (SSSR count). The molecule has 4 heterocycles. The monoisotopic (exact) mass is 502 g/mol. The van der Waals surface area contributed by atoms with E-state index in [-0.39, 0.29) is 34.4 Å². The second-order valence-corrected chi connectivity index (χ2v) is 9.21. The molecule has 4 aromatic heterocycles. The van der Waals surface area contributed by atoms with Gasteiger partial charge < -0.3 is 20.1 Å². The number of fused-ring (bicyclic) bond motifs is 1.